The summed E-state index contributed by atoms with van der Waals surface area (Å²) in [7, 11) is 0. The van der Waals surface area contributed by atoms with E-state index in [1.54, 1.807) is 6.26 Å². The minimum absolute atomic E-state index is 0.812. The predicted octanol–water partition coefficient (Wildman–Crippen LogP) is 2.56. The minimum Gasteiger partial charge on any atom is -0.364 e. The third-order valence-corrected chi connectivity index (χ3v) is 4.98. The SMILES string of the molecule is CCNC(=NCCc1ccc(CC)cc1)N1CCN(Cc2ccon2)CC1. The van der Waals surface area contributed by atoms with Crippen LogP contribution in [-0.4, -0.2) is 60.2 Å². The van der Waals surface area contributed by atoms with E-state index in [4.69, 9.17) is 9.52 Å². The normalized spacial score (nSPS) is 15.9. The van der Waals surface area contributed by atoms with Gasteiger partial charge in [0, 0.05) is 51.9 Å². The molecule has 6 nitrogen and oxygen atoms in total. The zero-order valence-electron chi connectivity index (χ0n) is 16.5. The van der Waals surface area contributed by atoms with Crippen LogP contribution in [0.1, 0.15) is 30.7 Å². The van der Waals surface area contributed by atoms with Crippen LogP contribution >= 0.6 is 0 Å². The van der Waals surface area contributed by atoms with E-state index in [2.05, 4.69) is 58.4 Å². The zero-order valence-corrected chi connectivity index (χ0v) is 16.5. The van der Waals surface area contributed by atoms with Gasteiger partial charge in [-0.3, -0.25) is 9.89 Å². The molecule has 1 N–H and O–H groups in total. The van der Waals surface area contributed by atoms with Gasteiger partial charge in [-0.25, -0.2) is 0 Å². The van der Waals surface area contributed by atoms with Crippen molar-refractivity contribution in [1.82, 2.24) is 20.3 Å². The maximum atomic E-state index is 4.92. The van der Waals surface area contributed by atoms with E-state index >= 15 is 0 Å². The van der Waals surface area contributed by atoms with Crippen molar-refractivity contribution < 1.29 is 4.52 Å². The summed E-state index contributed by atoms with van der Waals surface area (Å²) in [6.07, 6.45) is 3.70. The van der Waals surface area contributed by atoms with E-state index in [-0.39, 0.29) is 0 Å². The lowest BCUT2D eigenvalue weighted by Gasteiger charge is -2.36. The molecule has 0 spiro atoms. The van der Waals surface area contributed by atoms with Gasteiger partial charge >= 0.3 is 0 Å². The summed E-state index contributed by atoms with van der Waals surface area (Å²) in [6, 6.07) is 10.8. The molecule has 1 aliphatic heterocycles. The first-order valence-corrected chi connectivity index (χ1v) is 10.0. The van der Waals surface area contributed by atoms with Crippen LogP contribution in [0.4, 0.5) is 0 Å². The van der Waals surface area contributed by atoms with Gasteiger partial charge < -0.3 is 14.7 Å². The molecular weight excluding hydrogens is 338 g/mol. The molecule has 1 fully saturated rings. The number of benzene rings is 1. The molecule has 2 aromatic rings. The first-order chi connectivity index (χ1) is 13.3. The Balaban J connectivity index is 1.49. The van der Waals surface area contributed by atoms with Crippen LogP contribution in [0.3, 0.4) is 0 Å². The number of nitrogens with one attached hydrogen (secondary N) is 1. The van der Waals surface area contributed by atoms with Crippen molar-refractivity contribution in [2.75, 3.05) is 39.3 Å². The predicted molar refractivity (Wildman–Crippen MR) is 109 cm³/mol. The number of nitrogens with zero attached hydrogens (tertiary/aromatic N) is 4. The molecule has 146 valence electrons. The van der Waals surface area contributed by atoms with E-state index in [0.717, 1.165) is 70.3 Å². The molecule has 2 heterocycles. The lowest BCUT2D eigenvalue weighted by molar-refractivity contribution is 0.169. The third kappa shape index (κ3) is 5.82. The molecule has 0 bridgehead atoms. The standard InChI is InChI=1S/C21H31N5O/c1-3-18-5-7-19(8-6-18)9-11-23-21(22-4-2)26-14-12-25(13-15-26)17-20-10-16-27-24-20/h5-8,10,16H,3-4,9,11-15,17H2,1-2H3,(H,22,23). The van der Waals surface area contributed by atoms with Crippen molar-refractivity contribution in [1.29, 1.82) is 0 Å². The lowest BCUT2D eigenvalue weighted by Crippen LogP contribution is -2.52. The van der Waals surface area contributed by atoms with Gasteiger partial charge in [0.25, 0.3) is 0 Å². The first-order valence-electron chi connectivity index (χ1n) is 10.0. The van der Waals surface area contributed by atoms with Gasteiger partial charge in [-0.15, -0.1) is 0 Å². The summed E-state index contributed by atoms with van der Waals surface area (Å²) in [5.74, 6) is 1.03. The molecule has 27 heavy (non-hydrogen) atoms. The van der Waals surface area contributed by atoms with Crippen LogP contribution in [0.25, 0.3) is 0 Å². The Hall–Kier alpha value is -2.34. The van der Waals surface area contributed by atoms with Crippen LogP contribution in [0.2, 0.25) is 0 Å². The summed E-state index contributed by atoms with van der Waals surface area (Å²) in [5, 5.41) is 7.45. The number of guanidine groups is 1. The van der Waals surface area contributed by atoms with Crippen molar-refractivity contribution in [3.8, 4) is 0 Å². The van der Waals surface area contributed by atoms with Gasteiger partial charge in [-0.2, -0.15) is 0 Å². The molecule has 6 heteroatoms. The topological polar surface area (TPSA) is 56.9 Å². The Kier molecular flexibility index (Phi) is 7.27. The molecule has 1 aliphatic rings. The summed E-state index contributed by atoms with van der Waals surface area (Å²) in [6.45, 7) is 10.9. The Bertz CT molecular complexity index is 688. The second-order valence-electron chi connectivity index (χ2n) is 6.91. The number of rotatable bonds is 7. The molecule has 0 saturated carbocycles. The van der Waals surface area contributed by atoms with E-state index < -0.39 is 0 Å². The fraction of sp³-hybridized carbons (Fsp3) is 0.524. The van der Waals surface area contributed by atoms with Crippen LogP contribution < -0.4 is 5.32 Å². The highest BCUT2D eigenvalue weighted by atomic mass is 16.5. The number of aliphatic imine (C=N–C) groups is 1. The Morgan fingerprint density at radius 2 is 1.81 bits per heavy atom. The molecule has 1 aromatic heterocycles. The van der Waals surface area contributed by atoms with Crippen LogP contribution in [0.5, 0.6) is 0 Å². The van der Waals surface area contributed by atoms with E-state index in [9.17, 15) is 0 Å². The third-order valence-electron chi connectivity index (χ3n) is 4.98. The quantitative estimate of drug-likeness (QED) is 0.600. The van der Waals surface area contributed by atoms with Crippen LogP contribution in [0, 0.1) is 0 Å². The smallest absolute Gasteiger partial charge is 0.194 e. The Morgan fingerprint density at radius 3 is 2.44 bits per heavy atom. The zero-order chi connectivity index (χ0) is 18.9. The molecule has 1 saturated heterocycles. The average molecular weight is 370 g/mol. The first kappa shape index (κ1) is 19.4. The van der Waals surface area contributed by atoms with Crippen LogP contribution in [-0.2, 0) is 19.4 Å². The van der Waals surface area contributed by atoms with Gasteiger partial charge in [0.2, 0.25) is 0 Å². The fourth-order valence-electron chi connectivity index (χ4n) is 3.32. The van der Waals surface area contributed by atoms with Gasteiger partial charge in [0.05, 0.1) is 5.69 Å². The van der Waals surface area contributed by atoms with Crippen molar-refractivity contribution in [3.05, 3.63) is 53.4 Å². The lowest BCUT2D eigenvalue weighted by atomic mass is 10.1. The maximum Gasteiger partial charge on any atom is 0.194 e. The number of hydrogen-bond acceptors (Lipinski definition) is 4. The molecule has 0 aliphatic carbocycles. The molecule has 0 amide bonds. The largest absolute Gasteiger partial charge is 0.364 e. The van der Waals surface area contributed by atoms with Crippen molar-refractivity contribution in [3.63, 3.8) is 0 Å². The molecular formula is C21H31N5O. The van der Waals surface area contributed by atoms with E-state index in [1.807, 2.05) is 6.07 Å². The fourth-order valence-corrected chi connectivity index (χ4v) is 3.32. The van der Waals surface area contributed by atoms with Crippen molar-refractivity contribution in [2.24, 2.45) is 4.99 Å². The number of aryl methyl sites for hydroxylation is 1. The van der Waals surface area contributed by atoms with E-state index in [0.29, 0.717) is 0 Å². The average Bonchev–Trinajstić information content (AvgIpc) is 3.21. The monoisotopic (exact) mass is 369 g/mol. The molecule has 0 radical (unpaired) electrons. The van der Waals surface area contributed by atoms with Gasteiger partial charge in [0.15, 0.2) is 5.96 Å². The van der Waals surface area contributed by atoms with Crippen molar-refractivity contribution >= 4 is 5.96 Å². The van der Waals surface area contributed by atoms with Crippen molar-refractivity contribution in [2.45, 2.75) is 33.2 Å². The van der Waals surface area contributed by atoms with Crippen LogP contribution in [0.15, 0.2) is 46.1 Å². The summed E-state index contributed by atoms with van der Waals surface area (Å²) in [5.41, 5.74) is 3.74. The highest BCUT2D eigenvalue weighted by Crippen LogP contribution is 2.08. The summed E-state index contributed by atoms with van der Waals surface area (Å²) < 4.78 is 4.92. The van der Waals surface area contributed by atoms with E-state index in [1.165, 1.54) is 11.1 Å². The second-order valence-corrected chi connectivity index (χ2v) is 6.91. The minimum atomic E-state index is 0.812. The number of aromatic nitrogens is 1. The van der Waals surface area contributed by atoms with Gasteiger partial charge in [-0.05, 0) is 30.9 Å². The second kappa shape index (κ2) is 10.1. The highest BCUT2D eigenvalue weighted by molar-refractivity contribution is 5.80. The Labute approximate surface area is 162 Å². The molecule has 0 atom stereocenters. The van der Waals surface area contributed by atoms with Gasteiger partial charge in [-0.1, -0.05) is 36.3 Å². The molecule has 0 unspecified atom stereocenters. The molecule has 3 rings (SSSR count). The maximum absolute atomic E-state index is 4.92. The number of hydrogen-bond donors (Lipinski definition) is 1. The number of piperazine rings is 1. The Morgan fingerprint density at radius 1 is 1.07 bits per heavy atom. The summed E-state index contributed by atoms with van der Waals surface area (Å²) in [4.78, 5) is 9.64. The van der Waals surface area contributed by atoms with Gasteiger partial charge in [0.1, 0.15) is 6.26 Å². The molecule has 1 aromatic carbocycles. The highest BCUT2D eigenvalue weighted by Gasteiger charge is 2.20. The summed E-state index contributed by atoms with van der Waals surface area (Å²) >= 11 is 0.